The highest BCUT2D eigenvalue weighted by Gasteiger charge is 2.25. The molecule has 0 aliphatic carbocycles. The van der Waals surface area contributed by atoms with Gasteiger partial charge in [-0.15, -0.1) is 0 Å². The summed E-state index contributed by atoms with van der Waals surface area (Å²) in [5, 5.41) is 16.8. The number of hydrogen-bond acceptors (Lipinski definition) is 6. The number of hydrogen-bond donors (Lipinski definition) is 2. The third-order valence-corrected chi connectivity index (χ3v) is 5.65. The van der Waals surface area contributed by atoms with Gasteiger partial charge in [-0.05, 0) is 48.8 Å². The second kappa shape index (κ2) is 9.78. The Morgan fingerprint density at radius 1 is 1.16 bits per heavy atom. The van der Waals surface area contributed by atoms with Gasteiger partial charge < -0.3 is 19.9 Å². The van der Waals surface area contributed by atoms with Gasteiger partial charge in [-0.2, -0.15) is 16.9 Å². The van der Waals surface area contributed by atoms with E-state index in [4.69, 9.17) is 9.47 Å². The van der Waals surface area contributed by atoms with Crippen molar-refractivity contribution in [3.05, 3.63) is 60.3 Å². The van der Waals surface area contributed by atoms with Crippen molar-refractivity contribution in [3.8, 4) is 28.4 Å². The van der Waals surface area contributed by atoms with Gasteiger partial charge in [-0.25, -0.2) is 9.48 Å². The first kappa shape index (κ1) is 21.8. The van der Waals surface area contributed by atoms with Gasteiger partial charge in [0, 0.05) is 11.8 Å². The largest absolute Gasteiger partial charge is 0.486 e. The molecule has 1 aliphatic heterocycles. The molecule has 2 heterocycles. The van der Waals surface area contributed by atoms with Crippen molar-refractivity contribution in [1.29, 1.82) is 0 Å². The Kier molecular flexibility index (Phi) is 6.65. The van der Waals surface area contributed by atoms with Crippen LogP contribution >= 0.6 is 11.8 Å². The molecule has 0 unspecified atom stereocenters. The second-order valence-corrected chi connectivity index (χ2v) is 8.16. The number of thioether (sulfide) groups is 1. The molecule has 0 radical (unpaired) electrons. The predicted octanol–water partition coefficient (Wildman–Crippen LogP) is 3.25. The average Bonchev–Trinajstić information content (AvgIpc) is 3.27. The standard InChI is InChI=1S/C23H23N3O5S/c1-32-12-9-18(23(28)29)24-22(27)17-14-26(16-5-3-2-4-6-16)25-21(17)15-7-8-19-20(13-15)31-11-10-30-19/h2-8,13-14,18H,9-12H2,1H3,(H,24,27)(H,28,29)/t18-/m0/s1. The van der Waals surface area contributed by atoms with Gasteiger partial charge in [0.25, 0.3) is 5.91 Å². The number of carbonyl (C=O) groups is 2. The van der Waals surface area contributed by atoms with Crippen molar-refractivity contribution in [2.75, 3.05) is 25.2 Å². The van der Waals surface area contributed by atoms with Crippen LogP contribution in [0.2, 0.25) is 0 Å². The number of benzene rings is 2. The number of carbonyl (C=O) groups excluding carboxylic acids is 1. The number of nitrogens with zero attached hydrogens (tertiary/aromatic N) is 2. The summed E-state index contributed by atoms with van der Waals surface area (Å²) in [5.41, 5.74) is 2.16. The number of rotatable bonds is 8. The summed E-state index contributed by atoms with van der Waals surface area (Å²) in [6.45, 7) is 0.924. The van der Waals surface area contributed by atoms with E-state index < -0.39 is 17.9 Å². The molecule has 3 aromatic rings. The van der Waals surface area contributed by atoms with E-state index in [0.717, 1.165) is 5.69 Å². The fourth-order valence-corrected chi connectivity index (χ4v) is 3.86. The maximum atomic E-state index is 13.2. The molecular weight excluding hydrogens is 430 g/mol. The van der Waals surface area contributed by atoms with Crippen LogP contribution in [0.5, 0.6) is 11.5 Å². The zero-order chi connectivity index (χ0) is 22.5. The average molecular weight is 454 g/mol. The zero-order valence-corrected chi connectivity index (χ0v) is 18.3. The monoisotopic (exact) mass is 453 g/mol. The van der Waals surface area contributed by atoms with E-state index in [9.17, 15) is 14.7 Å². The van der Waals surface area contributed by atoms with Crippen LogP contribution in [0.1, 0.15) is 16.8 Å². The number of aromatic nitrogens is 2. The Labute approximate surface area is 189 Å². The summed E-state index contributed by atoms with van der Waals surface area (Å²) in [7, 11) is 0. The number of amides is 1. The molecule has 1 aliphatic rings. The molecule has 32 heavy (non-hydrogen) atoms. The van der Waals surface area contributed by atoms with Crippen molar-refractivity contribution in [2.24, 2.45) is 0 Å². The number of nitrogens with one attached hydrogen (secondary N) is 1. The Bertz CT molecular complexity index is 1120. The molecule has 0 saturated carbocycles. The quantitative estimate of drug-likeness (QED) is 0.540. The number of ether oxygens (including phenoxy) is 2. The van der Waals surface area contributed by atoms with Crippen LogP contribution in [-0.2, 0) is 4.79 Å². The van der Waals surface area contributed by atoms with Crippen LogP contribution < -0.4 is 14.8 Å². The molecule has 1 aromatic heterocycles. The zero-order valence-electron chi connectivity index (χ0n) is 17.5. The summed E-state index contributed by atoms with van der Waals surface area (Å²) >= 11 is 1.53. The molecule has 8 nitrogen and oxygen atoms in total. The van der Waals surface area contributed by atoms with Gasteiger partial charge in [-0.1, -0.05) is 18.2 Å². The summed E-state index contributed by atoms with van der Waals surface area (Å²) in [5.74, 6) is 0.277. The summed E-state index contributed by atoms with van der Waals surface area (Å²) in [6.07, 6.45) is 3.84. The van der Waals surface area contributed by atoms with Gasteiger partial charge in [-0.3, -0.25) is 4.79 Å². The minimum atomic E-state index is -1.07. The van der Waals surface area contributed by atoms with E-state index >= 15 is 0 Å². The number of aliphatic carboxylic acids is 1. The molecule has 9 heteroatoms. The fourth-order valence-electron chi connectivity index (χ4n) is 3.39. The minimum Gasteiger partial charge on any atom is -0.486 e. The fraction of sp³-hybridized carbons (Fsp3) is 0.261. The number of carboxylic acids is 1. The van der Waals surface area contributed by atoms with Gasteiger partial charge >= 0.3 is 5.97 Å². The maximum Gasteiger partial charge on any atom is 0.326 e. The van der Waals surface area contributed by atoms with E-state index in [1.807, 2.05) is 42.7 Å². The highest BCUT2D eigenvalue weighted by atomic mass is 32.2. The van der Waals surface area contributed by atoms with Crippen molar-refractivity contribution < 1.29 is 24.2 Å². The Hall–Kier alpha value is -3.46. The van der Waals surface area contributed by atoms with Crippen LogP contribution in [0.15, 0.2) is 54.7 Å². The molecule has 0 saturated heterocycles. The Balaban J connectivity index is 1.72. The van der Waals surface area contributed by atoms with Crippen molar-refractivity contribution in [2.45, 2.75) is 12.5 Å². The van der Waals surface area contributed by atoms with E-state index in [-0.39, 0.29) is 5.56 Å². The third-order valence-electron chi connectivity index (χ3n) is 5.01. The molecule has 0 fully saturated rings. The van der Waals surface area contributed by atoms with E-state index in [1.54, 1.807) is 23.0 Å². The molecule has 1 atom stereocenters. The van der Waals surface area contributed by atoms with Crippen LogP contribution in [0.25, 0.3) is 16.9 Å². The molecule has 2 N–H and O–H groups in total. The molecule has 4 rings (SSSR count). The molecule has 0 bridgehead atoms. The molecule has 1 amide bonds. The van der Waals surface area contributed by atoms with E-state index in [1.165, 1.54) is 11.8 Å². The summed E-state index contributed by atoms with van der Waals surface area (Å²) < 4.78 is 12.9. The van der Waals surface area contributed by atoms with Gasteiger partial charge in [0.2, 0.25) is 0 Å². The smallest absolute Gasteiger partial charge is 0.326 e. The lowest BCUT2D eigenvalue weighted by atomic mass is 10.1. The lowest BCUT2D eigenvalue weighted by Gasteiger charge is -2.18. The van der Waals surface area contributed by atoms with Crippen LogP contribution in [0.3, 0.4) is 0 Å². The molecule has 0 spiro atoms. The highest BCUT2D eigenvalue weighted by Crippen LogP contribution is 2.35. The second-order valence-electron chi connectivity index (χ2n) is 7.18. The highest BCUT2D eigenvalue weighted by molar-refractivity contribution is 7.98. The Morgan fingerprint density at radius 2 is 1.91 bits per heavy atom. The molecule has 2 aromatic carbocycles. The number of carboxylic acid groups (broad SMARTS) is 1. The maximum absolute atomic E-state index is 13.2. The first-order valence-electron chi connectivity index (χ1n) is 10.1. The minimum absolute atomic E-state index is 0.279. The Morgan fingerprint density at radius 3 is 2.62 bits per heavy atom. The van der Waals surface area contributed by atoms with Crippen LogP contribution in [0, 0.1) is 0 Å². The van der Waals surface area contributed by atoms with Crippen molar-refractivity contribution in [1.82, 2.24) is 15.1 Å². The third kappa shape index (κ3) is 4.72. The van der Waals surface area contributed by atoms with E-state index in [0.29, 0.717) is 48.1 Å². The predicted molar refractivity (Wildman–Crippen MR) is 122 cm³/mol. The lowest BCUT2D eigenvalue weighted by Crippen LogP contribution is -2.41. The normalized spacial score (nSPS) is 13.4. The topological polar surface area (TPSA) is 103 Å². The SMILES string of the molecule is CSCC[C@H](NC(=O)c1cn(-c2ccccc2)nc1-c1ccc2c(c1)OCCO2)C(=O)O. The van der Waals surface area contributed by atoms with Crippen molar-refractivity contribution in [3.63, 3.8) is 0 Å². The van der Waals surface area contributed by atoms with Crippen LogP contribution in [0.4, 0.5) is 0 Å². The van der Waals surface area contributed by atoms with Crippen molar-refractivity contribution >= 4 is 23.6 Å². The number of fused-ring (bicyclic) bond motifs is 1. The van der Waals surface area contributed by atoms with Gasteiger partial charge in [0.1, 0.15) is 24.9 Å². The summed E-state index contributed by atoms with van der Waals surface area (Å²) in [4.78, 5) is 24.8. The first-order valence-corrected chi connectivity index (χ1v) is 11.5. The van der Waals surface area contributed by atoms with Gasteiger partial charge in [0.05, 0.1) is 11.3 Å². The van der Waals surface area contributed by atoms with Crippen LogP contribution in [-0.4, -0.2) is 58.0 Å². The molecular formula is C23H23N3O5S. The summed E-state index contributed by atoms with van der Waals surface area (Å²) in [6, 6.07) is 13.8. The first-order chi connectivity index (χ1) is 15.6. The van der Waals surface area contributed by atoms with Gasteiger partial charge in [0.15, 0.2) is 11.5 Å². The molecule has 166 valence electrons. The lowest BCUT2D eigenvalue weighted by molar-refractivity contribution is -0.139. The van der Waals surface area contributed by atoms with E-state index in [2.05, 4.69) is 10.4 Å². The number of para-hydroxylation sites is 1.